The summed E-state index contributed by atoms with van der Waals surface area (Å²) in [6.45, 7) is 0. The highest BCUT2D eigenvalue weighted by Gasteiger charge is 2.15. The molecular weight excluding hydrogens is 356 g/mol. The average Bonchev–Trinajstić information content (AvgIpc) is 3.18. The van der Waals surface area contributed by atoms with E-state index in [-0.39, 0.29) is 5.89 Å². The van der Waals surface area contributed by atoms with Crippen molar-refractivity contribution in [2.75, 3.05) is 21.3 Å². The van der Waals surface area contributed by atoms with Gasteiger partial charge in [0.05, 0.1) is 21.3 Å². The van der Waals surface area contributed by atoms with Crippen LogP contribution in [0.1, 0.15) is 11.5 Å². The molecule has 1 aromatic heterocycles. The molecule has 0 unspecified atom stereocenters. The maximum Gasteiger partial charge on any atom is 0.259 e. The third kappa shape index (κ3) is 3.65. The molecule has 3 aromatic rings. The smallest absolute Gasteiger partial charge is 0.259 e. The quantitative estimate of drug-likeness (QED) is 0.634. The molecule has 6 nitrogen and oxygen atoms in total. The van der Waals surface area contributed by atoms with Gasteiger partial charge in [-0.15, -0.1) is 10.2 Å². The Kier molecular flexibility index (Phi) is 5.43. The summed E-state index contributed by atoms with van der Waals surface area (Å²) >= 11 is 6.36. The second-order valence-corrected chi connectivity index (χ2v) is 5.64. The number of aromatic nitrogens is 2. The Hall–Kier alpha value is -2.99. The van der Waals surface area contributed by atoms with Crippen molar-refractivity contribution in [2.45, 2.75) is 0 Å². The van der Waals surface area contributed by atoms with Crippen LogP contribution in [0.4, 0.5) is 0 Å². The number of rotatable bonds is 6. The maximum atomic E-state index is 6.36. The summed E-state index contributed by atoms with van der Waals surface area (Å²) in [5.74, 6) is 2.18. The molecule has 0 amide bonds. The summed E-state index contributed by atoms with van der Waals surface area (Å²) in [5, 5.41) is 8.34. The zero-order chi connectivity index (χ0) is 18.5. The van der Waals surface area contributed by atoms with E-state index in [1.807, 2.05) is 30.3 Å². The van der Waals surface area contributed by atoms with Gasteiger partial charge in [-0.3, -0.25) is 0 Å². The molecular formula is C19H17ClN2O4. The highest BCUT2D eigenvalue weighted by molar-refractivity contribution is 6.50. The van der Waals surface area contributed by atoms with Crippen LogP contribution >= 0.6 is 11.6 Å². The van der Waals surface area contributed by atoms with E-state index in [0.29, 0.717) is 28.2 Å². The van der Waals surface area contributed by atoms with Gasteiger partial charge in [0.1, 0.15) is 5.03 Å². The first-order valence-corrected chi connectivity index (χ1v) is 8.10. The van der Waals surface area contributed by atoms with Crippen molar-refractivity contribution >= 4 is 22.7 Å². The number of hydrogen-bond acceptors (Lipinski definition) is 6. The van der Waals surface area contributed by atoms with Gasteiger partial charge in [-0.25, -0.2) is 0 Å². The van der Waals surface area contributed by atoms with Crippen molar-refractivity contribution in [2.24, 2.45) is 0 Å². The normalized spacial score (nSPS) is 11.3. The Morgan fingerprint density at radius 1 is 0.962 bits per heavy atom. The lowest BCUT2D eigenvalue weighted by Crippen LogP contribution is -1.95. The topological polar surface area (TPSA) is 66.6 Å². The minimum absolute atomic E-state index is 0.222. The molecule has 0 bridgehead atoms. The van der Waals surface area contributed by atoms with Crippen molar-refractivity contribution in [3.05, 3.63) is 53.9 Å². The molecule has 26 heavy (non-hydrogen) atoms. The summed E-state index contributed by atoms with van der Waals surface area (Å²) in [7, 11) is 4.65. The third-order valence-corrected chi connectivity index (χ3v) is 3.90. The van der Waals surface area contributed by atoms with Gasteiger partial charge in [0.25, 0.3) is 5.89 Å². The van der Waals surface area contributed by atoms with Crippen LogP contribution in [0, 0.1) is 0 Å². The molecule has 0 saturated carbocycles. The number of nitrogens with zero attached hydrogens (tertiary/aromatic N) is 2. The minimum atomic E-state index is 0.222. The van der Waals surface area contributed by atoms with Crippen molar-refractivity contribution in [3.63, 3.8) is 0 Å². The van der Waals surface area contributed by atoms with E-state index < -0.39 is 0 Å². The molecule has 1 heterocycles. The number of ether oxygens (including phenoxy) is 3. The lowest BCUT2D eigenvalue weighted by molar-refractivity contribution is 0.324. The van der Waals surface area contributed by atoms with E-state index >= 15 is 0 Å². The summed E-state index contributed by atoms with van der Waals surface area (Å²) in [4.78, 5) is 0. The molecule has 0 atom stereocenters. The molecule has 7 heteroatoms. The molecule has 0 aliphatic rings. The SMILES string of the molecule is COc1cc(/C=C(\Cl)c2nnc(-c3ccccc3)o2)cc(OC)c1OC. The summed E-state index contributed by atoms with van der Waals surface area (Å²) in [6, 6.07) is 13.0. The molecule has 0 aliphatic carbocycles. The third-order valence-electron chi connectivity index (χ3n) is 3.63. The van der Waals surface area contributed by atoms with Gasteiger partial charge in [-0.2, -0.15) is 0 Å². The molecule has 0 spiro atoms. The van der Waals surface area contributed by atoms with Crippen LogP contribution in [0.5, 0.6) is 17.2 Å². The van der Waals surface area contributed by atoms with Gasteiger partial charge >= 0.3 is 0 Å². The predicted octanol–water partition coefficient (Wildman–Crippen LogP) is 4.50. The lowest BCUT2D eigenvalue weighted by Gasteiger charge is -2.12. The van der Waals surface area contributed by atoms with Crippen LogP contribution in [0.3, 0.4) is 0 Å². The largest absolute Gasteiger partial charge is 0.493 e. The lowest BCUT2D eigenvalue weighted by atomic mass is 10.1. The molecule has 0 fully saturated rings. The first-order valence-electron chi connectivity index (χ1n) is 7.72. The second kappa shape index (κ2) is 7.93. The highest BCUT2D eigenvalue weighted by Crippen LogP contribution is 2.39. The van der Waals surface area contributed by atoms with E-state index in [1.54, 1.807) is 39.5 Å². The minimum Gasteiger partial charge on any atom is -0.493 e. The first kappa shape index (κ1) is 17.8. The number of halogens is 1. The zero-order valence-corrected chi connectivity index (χ0v) is 15.3. The second-order valence-electron chi connectivity index (χ2n) is 5.23. The van der Waals surface area contributed by atoms with Crippen molar-refractivity contribution in [1.29, 1.82) is 0 Å². The molecule has 3 rings (SSSR count). The summed E-state index contributed by atoms with van der Waals surface area (Å²) in [5.41, 5.74) is 1.56. The van der Waals surface area contributed by atoms with Crippen molar-refractivity contribution in [3.8, 4) is 28.7 Å². The van der Waals surface area contributed by atoms with Crippen molar-refractivity contribution < 1.29 is 18.6 Å². The number of methoxy groups -OCH3 is 3. The van der Waals surface area contributed by atoms with E-state index in [2.05, 4.69) is 10.2 Å². The molecule has 2 aromatic carbocycles. The molecule has 0 aliphatic heterocycles. The Morgan fingerprint density at radius 2 is 1.62 bits per heavy atom. The monoisotopic (exact) mass is 372 g/mol. The van der Waals surface area contributed by atoms with Crippen LogP contribution in [-0.2, 0) is 0 Å². The van der Waals surface area contributed by atoms with Crippen LogP contribution in [0.25, 0.3) is 22.6 Å². The van der Waals surface area contributed by atoms with Crippen LogP contribution in [0.2, 0.25) is 0 Å². The van der Waals surface area contributed by atoms with Crippen LogP contribution in [-0.4, -0.2) is 31.5 Å². The van der Waals surface area contributed by atoms with Gasteiger partial charge in [0.15, 0.2) is 11.5 Å². The van der Waals surface area contributed by atoms with E-state index in [9.17, 15) is 0 Å². The fraction of sp³-hybridized carbons (Fsp3) is 0.158. The van der Waals surface area contributed by atoms with Gasteiger partial charge in [0.2, 0.25) is 11.6 Å². The Balaban J connectivity index is 1.94. The predicted molar refractivity (Wildman–Crippen MR) is 99.6 cm³/mol. The Bertz CT molecular complexity index is 897. The standard InChI is InChI=1S/C19H17ClN2O4/c1-23-15-10-12(11-16(24-2)17(15)25-3)9-14(20)19-22-21-18(26-19)13-7-5-4-6-8-13/h4-11H,1-3H3/b14-9-. The number of hydrogen-bond donors (Lipinski definition) is 0. The van der Waals surface area contributed by atoms with Crippen LogP contribution < -0.4 is 14.2 Å². The fourth-order valence-corrected chi connectivity index (χ4v) is 2.61. The molecule has 0 N–H and O–H groups in total. The zero-order valence-electron chi connectivity index (χ0n) is 14.5. The highest BCUT2D eigenvalue weighted by atomic mass is 35.5. The summed E-state index contributed by atoms with van der Waals surface area (Å²) < 4.78 is 21.6. The van der Waals surface area contributed by atoms with Crippen LogP contribution in [0.15, 0.2) is 46.9 Å². The van der Waals surface area contributed by atoms with E-state index in [4.69, 9.17) is 30.2 Å². The number of benzene rings is 2. The van der Waals surface area contributed by atoms with E-state index in [0.717, 1.165) is 11.1 Å². The molecule has 0 radical (unpaired) electrons. The maximum absolute atomic E-state index is 6.36. The van der Waals surface area contributed by atoms with Crippen molar-refractivity contribution in [1.82, 2.24) is 10.2 Å². The average molecular weight is 373 g/mol. The Labute approximate surface area is 156 Å². The molecule has 0 saturated heterocycles. The van der Waals surface area contributed by atoms with Gasteiger partial charge in [-0.05, 0) is 35.9 Å². The van der Waals surface area contributed by atoms with Gasteiger partial charge in [0, 0.05) is 5.56 Å². The fourth-order valence-electron chi connectivity index (χ4n) is 2.41. The van der Waals surface area contributed by atoms with Gasteiger partial charge < -0.3 is 18.6 Å². The first-order chi connectivity index (χ1) is 12.7. The summed E-state index contributed by atoms with van der Waals surface area (Å²) in [6.07, 6.45) is 1.69. The van der Waals surface area contributed by atoms with E-state index in [1.165, 1.54) is 0 Å². The molecule has 134 valence electrons. The van der Waals surface area contributed by atoms with Gasteiger partial charge in [-0.1, -0.05) is 29.8 Å². The Morgan fingerprint density at radius 3 is 2.19 bits per heavy atom.